The van der Waals surface area contributed by atoms with Crippen molar-refractivity contribution in [2.24, 2.45) is 0 Å². The second-order valence-corrected chi connectivity index (χ2v) is 5.14. The molecule has 0 spiro atoms. The first kappa shape index (κ1) is 14.1. The summed E-state index contributed by atoms with van der Waals surface area (Å²) in [6.45, 7) is 5.91. The molecule has 1 atom stereocenters. The van der Waals surface area contributed by atoms with E-state index in [4.69, 9.17) is 5.73 Å². The van der Waals surface area contributed by atoms with E-state index in [0.29, 0.717) is 11.3 Å². The number of benzene rings is 2. The molecule has 0 bridgehead atoms. The van der Waals surface area contributed by atoms with Crippen molar-refractivity contribution in [3.8, 4) is 0 Å². The summed E-state index contributed by atoms with van der Waals surface area (Å²) < 4.78 is 0. The summed E-state index contributed by atoms with van der Waals surface area (Å²) in [5.74, 6) is -0.140. The quantitative estimate of drug-likeness (QED) is 0.838. The van der Waals surface area contributed by atoms with Crippen molar-refractivity contribution in [3.63, 3.8) is 0 Å². The molecule has 0 heterocycles. The van der Waals surface area contributed by atoms with Crippen molar-refractivity contribution >= 4 is 11.6 Å². The van der Waals surface area contributed by atoms with Gasteiger partial charge in [0, 0.05) is 5.69 Å². The number of nitrogens with two attached hydrogens (primary N) is 1. The normalized spacial score (nSPS) is 11.9. The number of hydrogen-bond acceptors (Lipinski definition) is 2. The Balaban J connectivity index is 2.15. The summed E-state index contributed by atoms with van der Waals surface area (Å²) in [6.07, 6.45) is 0. The van der Waals surface area contributed by atoms with Crippen molar-refractivity contribution in [2.75, 3.05) is 5.73 Å². The predicted molar refractivity (Wildman–Crippen MR) is 82.7 cm³/mol. The average molecular weight is 268 g/mol. The maximum Gasteiger partial charge on any atom is 0.253 e. The molecule has 1 amide bonds. The molecule has 2 aromatic carbocycles. The standard InChI is InChI=1S/C17H20N2O/c1-11-7-9-14(10-8-11)13(3)19-17(20)15-6-4-5-12(2)16(15)18/h4-10,13H,18H2,1-3H3,(H,19,20). The summed E-state index contributed by atoms with van der Waals surface area (Å²) in [4.78, 5) is 12.3. The van der Waals surface area contributed by atoms with Gasteiger partial charge in [0.1, 0.15) is 0 Å². The van der Waals surface area contributed by atoms with Gasteiger partial charge in [0.15, 0.2) is 0 Å². The zero-order valence-electron chi connectivity index (χ0n) is 12.1. The Morgan fingerprint density at radius 2 is 1.75 bits per heavy atom. The van der Waals surface area contributed by atoms with Crippen LogP contribution in [-0.4, -0.2) is 5.91 Å². The fraction of sp³-hybridized carbons (Fsp3) is 0.235. The maximum absolute atomic E-state index is 12.3. The van der Waals surface area contributed by atoms with Crippen LogP contribution in [0.4, 0.5) is 5.69 Å². The minimum absolute atomic E-state index is 0.0528. The summed E-state index contributed by atoms with van der Waals surface area (Å²) in [5, 5.41) is 2.98. The van der Waals surface area contributed by atoms with Crippen molar-refractivity contribution in [1.29, 1.82) is 0 Å². The third kappa shape index (κ3) is 2.99. The molecule has 3 heteroatoms. The number of carbonyl (C=O) groups is 1. The van der Waals surface area contributed by atoms with E-state index in [-0.39, 0.29) is 11.9 Å². The number of carbonyl (C=O) groups excluding carboxylic acids is 1. The lowest BCUT2D eigenvalue weighted by Crippen LogP contribution is -2.27. The first-order valence-corrected chi connectivity index (χ1v) is 6.71. The third-order valence-corrected chi connectivity index (χ3v) is 3.49. The molecule has 2 aromatic rings. The first-order valence-electron chi connectivity index (χ1n) is 6.71. The minimum atomic E-state index is -0.140. The van der Waals surface area contributed by atoms with E-state index in [1.807, 2.05) is 57.2 Å². The number of para-hydroxylation sites is 1. The van der Waals surface area contributed by atoms with E-state index < -0.39 is 0 Å². The molecule has 2 rings (SSSR count). The second-order valence-electron chi connectivity index (χ2n) is 5.14. The lowest BCUT2D eigenvalue weighted by molar-refractivity contribution is 0.0940. The number of nitrogens with one attached hydrogen (secondary N) is 1. The Morgan fingerprint density at radius 1 is 1.10 bits per heavy atom. The van der Waals surface area contributed by atoms with Crippen LogP contribution in [0, 0.1) is 13.8 Å². The van der Waals surface area contributed by atoms with Gasteiger partial charge in [-0.25, -0.2) is 0 Å². The van der Waals surface area contributed by atoms with E-state index in [2.05, 4.69) is 5.32 Å². The van der Waals surface area contributed by atoms with Crippen LogP contribution < -0.4 is 11.1 Å². The van der Waals surface area contributed by atoms with Crippen LogP contribution >= 0.6 is 0 Å². The van der Waals surface area contributed by atoms with Crippen LogP contribution in [-0.2, 0) is 0 Å². The van der Waals surface area contributed by atoms with Crippen LogP contribution in [0.15, 0.2) is 42.5 Å². The van der Waals surface area contributed by atoms with Crippen LogP contribution in [0.5, 0.6) is 0 Å². The molecule has 0 aliphatic carbocycles. The molecular weight excluding hydrogens is 248 g/mol. The molecule has 0 aliphatic heterocycles. The molecule has 0 aromatic heterocycles. The molecular formula is C17H20N2O. The lowest BCUT2D eigenvalue weighted by atomic mass is 10.0. The van der Waals surface area contributed by atoms with Gasteiger partial charge in [-0.05, 0) is 38.0 Å². The molecule has 104 valence electrons. The lowest BCUT2D eigenvalue weighted by Gasteiger charge is -2.16. The predicted octanol–water partition coefficient (Wildman–Crippen LogP) is 3.38. The highest BCUT2D eigenvalue weighted by Gasteiger charge is 2.14. The molecule has 0 radical (unpaired) electrons. The third-order valence-electron chi connectivity index (χ3n) is 3.49. The van der Waals surface area contributed by atoms with Gasteiger partial charge in [0.05, 0.1) is 11.6 Å². The van der Waals surface area contributed by atoms with Crippen molar-refractivity contribution < 1.29 is 4.79 Å². The topological polar surface area (TPSA) is 55.1 Å². The van der Waals surface area contributed by atoms with Gasteiger partial charge in [0.25, 0.3) is 5.91 Å². The first-order chi connectivity index (χ1) is 9.49. The van der Waals surface area contributed by atoms with Crippen LogP contribution in [0.25, 0.3) is 0 Å². The van der Waals surface area contributed by atoms with E-state index in [9.17, 15) is 4.79 Å². The van der Waals surface area contributed by atoms with Crippen molar-refractivity contribution in [2.45, 2.75) is 26.8 Å². The molecule has 20 heavy (non-hydrogen) atoms. The Kier molecular flexibility index (Phi) is 4.08. The van der Waals surface area contributed by atoms with E-state index in [1.54, 1.807) is 6.07 Å². The highest BCUT2D eigenvalue weighted by Crippen LogP contribution is 2.18. The summed E-state index contributed by atoms with van der Waals surface area (Å²) >= 11 is 0. The largest absolute Gasteiger partial charge is 0.398 e. The number of aryl methyl sites for hydroxylation is 2. The maximum atomic E-state index is 12.3. The smallest absolute Gasteiger partial charge is 0.253 e. The SMILES string of the molecule is Cc1ccc(C(C)NC(=O)c2cccc(C)c2N)cc1. The molecule has 0 fully saturated rings. The van der Waals surface area contributed by atoms with Crippen LogP contribution in [0.3, 0.4) is 0 Å². The van der Waals surface area contributed by atoms with Crippen molar-refractivity contribution in [3.05, 3.63) is 64.7 Å². The minimum Gasteiger partial charge on any atom is -0.398 e. The Bertz CT molecular complexity index is 617. The Labute approximate surface area is 119 Å². The van der Waals surface area contributed by atoms with E-state index in [1.165, 1.54) is 5.56 Å². The summed E-state index contributed by atoms with van der Waals surface area (Å²) in [7, 11) is 0. The molecule has 0 saturated heterocycles. The average Bonchev–Trinajstić information content (AvgIpc) is 2.42. The number of nitrogen functional groups attached to an aromatic ring is 1. The Morgan fingerprint density at radius 3 is 2.40 bits per heavy atom. The van der Waals surface area contributed by atoms with Gasteiger partial charge in [-0.1, -0.05) is 42.0 Å². The van der Waals surface area contributed by atoms with Gasteiger partial charge in [-0.3, -0.25) is 4.79 Å². The van der Waals surface area contributed by atoms with Crippen molar-refractivity contribution in [1.82, 2.24) is 5.32 Å². The van der Waals surface area contributed by atoms with E-state index >= 15 is 0 Å². The van der Waals surface area contributed by atoms with Gasteiger partial charge < -0.3 is 11.1 Å². The highest BCUT2D eigenvalue weighted by molar-refractivity contribution is 5.99. The fourth-order valence-corrected chi connectivity index (χ4v) is 2.09. The zero-order valence-corrected chi connectivity index (χ0v) is 12.1. The van der Waals surface area contributed by atoms with Gasteiger partial charge >= 0.3 is 0 Å². The summed E-state index contributed by atoms with van der Waals surface area (Å²) in [6, 6.07) is 13.6. The number of anilines is 1. The molecule has 0 aliphatic rings. The zero-order chi connectivity index (χ0) is 14.7. The van der Waals surface area contributed by atoms with Gasteiger partial charge in [-0.2, -0.15) is 0 Å². The molecule has 1 unspecified atom stereocenters. The van der Waals surface area contributed by atoms with E-state index in [0.717, 1.165) is 11.1 Å². The van der Waals surface area contributed by atoms with Gasteiger partial charge in [-0.15, -0.1) is 0 Å². The fourth-order valence-electron chi connectivity index (χ4n) is 2.09. The number of amides is 1. The van der Waals surface area contributed by atoms with Gasteiger partial charge in [0.2, 0.25) is 0 Å². The van der Waals surface area contributed by atoms with Crippen LogP contribution in [0.2, 0.25) is 0 Å². The Hall–Kier alpha value is -2.29. The number of hydrogen-bond donors (Lipinski definition) is 2. The monoisotopic (exact) mass is 268 g/mol. The highest BCUT2D eigenvalue weighted by atomic mass is 16.1. The van der Waals surface area contributed by atoms with Crippen LogP contribution in [0.1, 0.15) is 40.0 Å². The summed E-state index contributed by atoms with van der Waals surface area (Å²) in [5.41, 5.74) is 10.2. The molecule has 3 nitrogen and oxygen atoms in total. The number of rotatable bonds is 3. The molecule has 0 saturated carbocycles. The molecule has 3 N–H and O–H groups in total. The second kappa shape index (κ2) is 5.78.